The van der Waals surface area contributed by atoms with E-state index in [-0.39, 0.29) is 11.9 Å². The van der Waals surface area contributed by atoms with Gasteiger partial charge in [-0.05, 0) is 18.8 Å². The molecule has 1 amide bonds. The Kier molecular flexibility index (Phi) is 8.38. The minimum Gasteiger partial charge on any atom is -0.355 e. The highest BCUT2D eigenvalue weighted by molar-refractivity contribution is 5.81. The van der Waals surface area contributed by atoms with Gasteiger partial charge in [-0.3, -0.25) is 4.79 Å². The van der Waals surface area contributed by atoms with E-state index in [1.807, 2.05) is 6.92 Å². The number of nitrogens with two attached hydrogens (primary N) is 1. The lowest BCUT2D eigenvalue weighted by Gasteiger charge is -2.11. The Morgan fingerprint density at radius 3 is 2.47 bits per heavy atom. The topological polar surface area (TPSA) is 55.1 Å². The summed E-state index contributed by atoms with van der Waals surface area (Å²) in [6, 6.07) is -0.319. The van der Waals surface area contributed by atoms with E-state index in [1.54, 1.807) is 0 Å². The van der Waals surface area contributed by atoms with Crippen LogP contribution < -0.4 is 11.1 Å². The van der Waals surface area contributed by atoms with Crippen LogP contribution in [0.15, 0.2) is 0 Å². The van der Waals surface area contributed by atoms with Crippen molar-refractivity contribution in [1.29, 1.82) is 0 Å². The lowest BCUT2D eigenvalue weighted by molar-refractivity contribution is -0.122. The molecule has 0 rings (SSSR count). The van der Waals surface area contributed by atoms with Crippen LogP contribution in [0.5, 0.6) is 0 Å². The number of amides is 1. The highest BCUT2D eigenvalue weighted by Crippen LogP contribution is 2.05. The van der Waals surface area contributed by atoms with Gasteiger partial charge in [0.25, 0.3) is 0 Å². The van der Waals surface area contributed by atoms with Crippen LogP contribution in [0.4, 0.5) is 0 Å². The van der Waals surface area contributed by atoms with Crippen molar-refractivity contribution in [3.63, 3.8) is 0 Å². The molecular weight excluding hydrogens is 188 g/mol. The predicted molar refractivity (Wildman–Crippen MR) is 64.6 cm³/mol. The number of carbonyl (C=O) groups is 1. The largest absolute Gasteiger partial charge is 0.355 e. The molecule has 3 heteroatoms. The van der Waals surface area contributed by atoms with E-state index < -0.39 is 0 Å². The lowest BCUT2D eigenvalue weighted by Crippen LogP contribution is -2.40. The van der Waals surface area contributed by atoms with Gasteiger partial charge in [-0.2, -0.15) is 0 Å². The summed E-state index contributed by atoms with van der Waals surface area (Å²) in [6.07, 6.45) is 5.21. The zero-order chi connectivity index (χ0) is 11.7. The van der Waals surface area contributed by atoms with E-state index in [2.05, 4.69) is 19.2 Å². The van der Waals surface area contributed by atoms with Crippen molar-refractivity contribution in [2.75, 3.05) is 6.54 Å². The first-order valence-electron chi connectivity index (χ1n) is 6.11. The van der Waals surface area contributed by atoms with Crippen molar-refractivity contribution in [2.24, 2.45) is 11.7 Å². The number of nitrogens with one attached hydrogen (secondary N) is 1. The molecule has 0 aromatic rings. The summed E-state index contributed by atoms with van der Waals surface area (Å²) in [6.45, 7) is 7.24. The van der Waals surface area contributed by atoms with Crippen molar-refractivity contribution < 1.29 is 4.79 Å². The Morgan fingerprint density at radius 1 is 1.27 bits per heavy atom. The predicted octanol–water partition coefficient (Wildman–Crippen LogP) is 2.06. The average Bonchev–Trinajstić information content (AvgIpc) is 2.16. The number of rotatable bonds is 8. The second kappa shape index (κ2) is 8.72. The number of unbranched alkanes of at least 4 members (excludes halogenated alkanes) is 1. The molecule has 0 radical (unpaired) electrons. The molecule has 0 aromatic carbocycles. The van der Waals surface area contributed by atoms with Crippen LogP contribution in [0.1, 0.15) is 52.9 Å². The molecule has 1 atom stereocenters. The molecule has 0 heterocycles. The van der Waals surface area contributed by atoms with Gasteiger partial charge in [0, 0.05) is 6.54 Å². The van der Waals surface area contributed by atoms with Crippen LogP contribution in [0.2, 0.25) is 0 Å². The molecule has 0 bridgehead atoms. The van der Waals surface area contributed by atoms with Gasteiger partial charge in [0.05, 0.1) is 6.04 Å². The minimum atomic E-state index is -0.319. The molecule has 0 aliphatic heterocycles. The van der Waals surface area contributed by atoms with Gasteiger partial charge in [-0.1, -0.05) is 40.0 Å². The maximum Gasteiger partial charge on any atom is 0.236 e. The van der Waals surface area contributed by atoms with Crippen molar-refractivity contribution >= 4 is 5.91 Å². The standard InChI is InChI=1S/C12H26N2O/c1-4-7-11(13)12(15)14-9-6-5-8-10(2)3/h10-11H,4-9,13H2,1-3H3,(H,14,15)/t11-/m1/s1. The third-order valence-electron chi connectivity index (χ3n) is 2.44. The van der Waals surface area contributed by atoms with Crippen molar-refractivity contribution in [1.82, 2.24) is 5.32 Å². The van der Waals surface area contributed by atoms with Crippen molar-refractivity contribution in [3.8, 4) is 0 Å². The summed E-state index contributed by atoms with van der Waals surface area (Å²) in [5, 5.41) is 2.88. The molecule has 0 saturated carbocycles. The van der Waals surface area contributed by atoms with Crippen LogP contribution in [0.25, 0.3) is 0 Å². The Hall–Kier alpha value is -0.570. The highest BCUT2D eigenvalue weighted by atomic mass is 16.2. The molecule has 3 N–H and O–H groups in total. The molecule has 3 nitrogen and oxygen atoms in total. The fraction of sp³-hybridized carbons (Fsp3) is 0.917. The van der Waals surface area contributed by atoms with Gasteiger partial charge in [0.1, 0.15) is 0 Å². The third kappa shape index (κ3) is 8.43. The van der Waals surface area contributed by atoms with Gasteiger partial charge in [-0.25, -0.2) is 0 Å². The first kappa shape index (κ1) is 14.4. The maximum atomic E-state index is 11.4. The molecule has 0 fully saturated rings. The minimum absolute atomic E-state index is 0.00129. The van der Waals surface area contributed by atoms with E-state index >= 15 is 0 Å². The zero-order valence-electron chi connectivity index (χ0n) is 10.4. The van der Waals surface area contributed by atoms with Gasteiger partial charge in [0.15, 0.2) is 0 Å². The van der Waals surface area contributed by atoms with Crippen LogP contribution in [-0.2, 0) is 4.79 Å². The van der Waals surface area contributed by atoms with E-state index in [9.17, 15) is 4.79 Å². The van der Waals surface area contributed by atoms with Crippen LogP contribution in [-0.4, -0.2) is 18.5 Å². The molecule has 0 aliphatic rings. The van der Waals surface area contributed by atoms with Gasteiger partial charge in [-0.15, -0.1) is 0 Å². The van der Waals surface area contributed by atoms with Crippen molar-refractivity contribution in [3.05, 3.63) is 0 Å². The zero-order valence-corrected chi connectivity index (χ0v) is 10.4. The molecule has 0 unspecified atom stereocenters. The second-order valence-corrected chi connectivity index (χ2v) is 4.58. The summed E-state index contributed by atoms with van der Waals surface area (Å²) in [5.74, 6) is 0.754. The smallest absolute Gasteiger partial charge is 0.236 e. The normalized spacial score (nSPS) is 12.9. The highest BCUT2D eigenvalue weighted by Gasteiger charge is 2.10. The van der Waals surface area contributed by atoms with Crippen molar-refractivity contribution in [2.45, 2.75) is 58.9 Å². The number of hydrogen-bond acceptors (Lipinski definition) is 2. The molecule has 0 saturated heterocycles. The summed E-state index contributed by atoms with van der Waals surface area (Å²) in [4.78, 5) is 11.4. The van der Waals surface area contributed by atoms with E-state index in [1.165, 1.54) is 12.8 Å². The van der Waals surface area contributed by atoms with Crippen LogP contribution >= 0.6 is 0 Å². The molecule has 90 valence electrons. The first-order chi connectivity index (χ1) is 7.07. The fourth-order valence-electron chi connectivity index (χ4n) is 1.46. The first-order valence-corrected chi connectivity index (χ1v) is 6.11. The van der Waals surface area contributed by atoms with E-state index in [4.69, 9.17) is 5.73 Å². The SMILES string of the molecule is CCC[C@@H](N)C(=O)NCCCCC(C)C. The fourth-order valence-corrected chi connectivity index (χ4v) is 1.46. The molecule has 0 aliphatic carbocycles. The summed E-state index contributed by atoms with van der Waals surface area (Å²) >= 11 is 0. The van der Waals surface area contributed by atoms with E-state index in [0.29, 0.717) is 0 Å². The summed E-state index contributed by atoms with van der Waals surface area (Å²) in [5.41, 5.74) is 5.68. The lowest BCUT2D eigenvalue weighted by atomic mass is 10.1. The van der Waals surface area contributed by atoms with Gasteiger partial charge in [0.2, 0.25) is 5.91 Å². The quantitative estimate of drug-likeness (QED) is 0.608. The number of carbonyl (C=O) groups excluding carboxylic acids is 1. The molecular formula is C12H26N2O. The summed E-state index contributed by atoms with van der Waals surface area (Å²) < 4.78 is 0. The monoisotopic (exact) mass is 214 g/mol. The Morgan fingerprint density at radius 2 is 1.93 bits per heavy atom. The van der Waals surface area contributed by atoms with Gasteiger partial charge >= 0.3 is 0 Å². The Labute approximate surface area is 93.8 Å². The number of hydrogen-bond donors (Lipinski definition) is 2. The summed E-state index contributed by atoms with van der Waals surface area (Å²) in [7, 11) is 0. The third-order valence-corrected chi connectivity index (χ3v) is 2.44. The maximum absolute atomic E-state index is 11.4. The average molecular weight is 214 g/mol. The van der Waals surface area contributed by atoms with E-state index in [0.717, 1.165) is 31.7 Å². The Bertz CT molecular complexity index is 169. The molecule has 0 aromatic heterocycles. The second-order valence-electron chi connectivity index (χ2n) is 4.58. The van der Waals surface area contributed by atoms with Crippen LogP contribution in [0.3, 0.4) is 0 Å². The molecule has 0 spiro atoms. The van der Waals surface area contributed by atoms with Gasteiger partial charge < -0.3 is 11.1 Å². The van der Waals surface area contributed by atoms with Crippen LogP contribution in [0, 0.1) is 5.92 Å². The Balaban J connectivity index is 3.38. The molecule has 15 heavy (non-hydrogen) atoms.